The number of rotatable bonds is 3. The van der Waals surface area contributed by atoms with Crippen LogP contribution < -0.4 is 0 Å². The minimum atomic E-state index is -0.788. The van der Waals surface area contributed by atoms with E-state index in [2.05, 4.69) is 21.0 Å². The maximum atomic E-state index is 11.7. The van der Waals surface area contributed by atoms with Crippen LogP contribution in [0.15, 0.2) is 71.0 Å². The maximum Gasteiger partial charge on any atom is 0.375 e. The minimum Gasteiger partial charge on any atom is -0.508 e. The molecule has 0 spiro atoms. The highest BCUT2D eigenvalue weighted by molar-refractivity contribution is 9.11. The van der Waals surface area contributed by atoms with Crippen molar-refractivity contribution >= 4 is 21.9 Å². The fraction of sp³-hybridized carbons (Fsp3) is 0.0526. The lowest BCUT2D eigenvalue weighted by molar-refractivity contribution is -0.142. The summed E-state index contributed by atoms with van der Waals surface area (Å²) in [5.74, 6) is -1.09. The average molecular weight is 413 g/mol. The zero-order valence-electron chi connectivity index (χ0n) is 13.3. The summed E-state index contributed by atoms with van der Waals surface area (Å²) in [5, 5.41) is 24.0. The number of phenols is 1. The molecule has 1 aromatic heterocycles. The van der Waals surface area contributed by atoms with Crippen LogP contribution in [-0.2, 0) is 9.53 Å². The summed E-state index contributed by atoms with van der Waals surface area (Å²) in [6.07, 6.45) is 0.971. The Morgan fingerprint density at radius 3 is 2.35 bits per heavy atom. The van der Waals surface area contributed by atoms with E-state index in [1.807, 2.05) is 30.3 Å². The average Bonchev–Trinajstić information content (AvgIpc) is 3.20. The number of aliphatic hydroxyl groups excluding tert-OH is 1. The van der Waals surface area contributed by atoms with Gasteiger partial charge in [0.15, 0.2) is 6.10 Å². The van der Waals surface area contributed by atoms with Crippen LogP contribution in [0.5, 0.6) is 5.75 Å². The molecular weight excluding hydrogens is 400 g/mol. The van der Waals surface area contributed by atoms with Gasteiger partial charge in [-0.2, -0.15) is 5.10 Å². The van der Waals surface area contributed by atoms with Gasteiger partial charge in [0.25, 0.3) is 0 Å². The predicted molar refractivity (Wildman–Crippen MR) is 98.1 cm³/mol. The molecule has 1 unspecified atom stereocenters. The van der Waals surface area contributed by atoms with Gasteiger partial charge in [0.1, 0.15) is 11.4 Å². The van der Waals surface area contributed by atoms with E-state index in [1.165, 1.54) is 0 Å². The molecule has 0 saturated carbocycles. The number of halogens is 1. The van der Waals surface area contributed by atoms with Gasteiger partial charge in [-0.1, -0.05) is 18.2 Å². The van der Waals surface area contributed by atoms with Crippen LogP contribution in [-0.4, -0.2) is 26.0 Å². The third kappa shape index (κ3) is 2.76. The molecule has 2 aromatic carbocycles. The molecule has 2 N–H and O–H groups in total. The molecule has 2 heterocycles. The second-order valence-corrected chi connectivity index (χ2v) is 6.60. The Balaban J connectivity index is 1.88. The number of carbonyl (C=O) groups is 1. The van der Waals surface area contributed by atoms with E-state index < -0.39 is 17.8 Å². The summed E-state index contributed by atoms with van der Waals surface area (Å²) >= 11 is 3.24. The molecule has 0 radical (unpaired) electrons. The normalized spacial score (nSPS) is 16.8. The lowest BCUT2D eigenvalue weighted by Crippen LogP contribution is -2.03. The lowest BCUT2D eigenvalue weighted by atomic mass is 10.0. The summed E-state index contributed by atoms with van der Waals surface area (Å²) < 4.78 is 7.24. The number of aromatic nitrogens is 2. The quantitative estimate of drug-likeness (QED) is 0.634. The molecule has 0 bridgehead atoms. The number of cyclic esters (lactones) is 1. The largest absolute Gasteiger partial charge is 0.508 e. The van der Waals surface area contributed by atoms with Gasteiger partial charge in [-0.05, 0) is 52.3 Å². The van der Waals surface area contributed by atoms with E-state index in [0.29, 0.717) is 11.3 Å². The van der Waals surface area contributed by atoms with Crippen LogP contribution in [0.1, 0.15) is 11.7 Å². The highest BCUT2D eigenvalue weighted by Crippen LogP contribution is 2.42. The van der Waals surface area contributed by atoms with Crippen molar-refractivity contribution in [3.63, 3.8) is 0 Å². The van der Waals surface area contributed by atoms with E-state index in [-0.39, 0.29) is 10.2 Å². The first-order chi connectivity index (χ1) is 12.5. The fourth-order valence-corrected chi connectivity index (χ4v) is 3.27. The number of ether oxygens (including phenoxy) is 1. The number of nitrogens with zero attached hydrogens (tertiary/aromatic N) is 2. The Morgan fingerprint density at radius 1 is 1.04 bits per heavy atom. The maximum absolute atomic E-state index is 11.7. The van der Waals surface area contributed by atoms with Gasteiger partial charge in [-0.3, -0.25) is 0 Å². The van der Waals surface area contributed by atoms with Crippen LogP contribution in [0, 0.1) is 0 Å². The number of hydrogen-bond acceptors (Lipinski definition) is 5. The standard InChI is InChI=1S/C19H13BrN2O4/c20-15-17(24)19(25)26-18(15)14-10-22(12-4-2-1-3-5-12)21-16(14)11-6-8-13(23)9-7-11/h1-10,18,23-24H. The van der Waals surface area contributed by atoms with Crippen LogP contribution in [0.25, 0.3) is 16.9 Å². The van der Waals surface area contributed by atoms with Crippen molar-refractivity contribution in [3.8, 4) is 22.7 Å². The van der Waals surface area contributed by atoms with Gasteiger partial charge in [0.2, 0.25) is 5.76 Å². The van der Waals surface area contributed by atoms with E-state index in [0.717, 1.165) is 11.3 Å². The number of aromatic hydroxyl groups is 1. The zero-order valence-corrected chi connectivity index (χ0v) is 14.9. The van der Waals surface area contributed by atoms with Crippen molar-refractivity contribution in [1.29, 1.82) is 0 Å². The number of phenolic OH excluding ortho intramolecular Hbond substituents is 1. The summed E-state index contributed by atoms with van der Waals surface area (Å²) in [7, 11) is 0. The monoisotopic (exact) mass is 412 g/mol. The summed E-state index contributed by atoms with van der Waals surface area (Å²) in [4.78, 5) is 11.7. The number of aliphatic hydroxyl groups is 1. The van der Waals surface area contributed by atoms with Gasteiger partial charge in [-0.15, -0.1) is 0 Å². The molecule has 6 nitrogen and oxygen atoms in total. The van der Waals surface area contributed by atoms with Crippen LogP contribution >= 0.6 is 15.9 Å². The first kappa shape index (κ1) is 16.4. The molecule has 1 atom stereocenters. The highest BCUT2D eigenvalue weighted by Gasteiger charge is 2.36. The van der Waals surface area contributed by atoms with Crippen LogP contribution in [0.4, 0.5) is 0 Å². The van der Waals surface area contributed by atoms with Gasteiger partial charge in [0, 0.05) is 17.3 Å². The van der Waals surface area contributed by atoms with E-state index >= 15 is 0 Å². The molecule has 130 valence electrons. The van der Waals surface area contributed by atoms with Crippen molar-refractivity contribution in [3.05, 3.63) is 76.6 Å². The molecule has 3 aromatic rings. The van der Waals surface area contributed by atoms with Gasteiger partial charge >= 0.3 is 5.97 Å². The molecule has 0 aliphatic carbocycles. The molecule has 26 heavy (non-hydrogen) atoms. The Morgan fingerprint density at radius 2 is 1.73 bits per heavy atom. The Bertz CT molecular complexity index is 1010. The number of esters is 1. The summed E-state index contributed by atoms with van der Waals surface area (Å²) in [6.45, 7) is 0. The Labute approximate surface area is 157 Å². The van der Waals surface area contributed by atoms with Crippen molar-refractivity contribution < 1.29 is 19.7 Å². The first-order valence-corrected chi connectivity index (χ1v) is 8.58. The van der Waals surface area contributed by atoms with Crippen molar-refractivity contribution in [2.75, 3.05) is 0 Å². The molecule has 0 amide bonds. The molecule has 1 aliphatic rings. The first-order valence-electron chi connectivity index (χ1n) is 7.78. The third-order valence-corrected chi connectivity index (χ3v) is 4.85. The van der Waals surface area contributed by atoms with E-state index in [1.54, 1.807) is 35.1 Å². The Kier molecular flexibility index (Phi) is 4.00. The van der Waals surface area contributed by atoms with Gasteiger partial charge < -0.3 is 14.9 Å². The molecule has 1 aliphatic heterocycles. The molecule has 0 saturated heterocycles. The van der Waals surface area contributed by atoms with E-state index in [9.17, 15) is 15.0 Å². The summed E-state index contributed by atoms with van der Waals surface area (Å²) in [6, 6.07) is 16.1. The number of benzene rings is 2. The summed E-state index contributed by atoms with van der Waals surface area (Å²) in [5.41, 5.74) is 2.78. The number of para-hydroxylation sites is 1. The van der Waals surface area contributed by atoms with E-state index in [4.69, 9.17) is 4.74 Å². The zero-order chi connectivity index (χ0) is 18.3. The topological polar surface area (TPSA) is 84.6 Å². The lowest BCUT2D eigenvalue weighted by Gasteiger charge is -2.10. The third-order valence-electron chi connectivity index (χ3n) is 4.06. The second kappa shape index (κ2) is 6.34. The van der Waals surface area contributed by atoms with Gasteiger partial charge in [-0.25, -0.2) is 9.48 Å². The molecular formula is C19H13BrN2O4. The molecule has 0 fully saturated rings. The highest BCUT2D eigenvalue weighted by atomic mass is 79.9. The van der Waals surface area contributed by atoms with Crippen LogP contribution in [0.2, 0.25) is 0 Å². The fourth-order valence-electron chi connectivity index (χ4n) is 2.77. The second-order valence-electron chi connectivity index (χ2n) is 5.74. The minimum absolute atomic E-state index is 0.142. The SMILES string of the molecule is O=C1OC(c2cn(-c3ccccc3)nc2-c2ccc(O)cc2)C(Br)=C1O. The van der Waals surface area contributed by atoms with Crippen molar-refractivity contribution in [2.24, 2.45) is 0 Å². The van der Waals surface area contributed by atoms with Crippen LogP contribution in [0.3, 0.4) is 0 Å². The number of carbonyl (C=O) groups excluding carboxylic acids is 1. The molecule has 7 heteroatoms. The number of hydrogen-bond donors (Lipinski definition) is 2. The van der Waals surface area contributed by atoms with Crippen molar-refractivity contribution in [2.45, 2.75) is 6.10 Å². The predicted octanol–water partition coefficient (Wildman–Crippen LogP) is 4.01. The van der Waals surface area contributed by atoms with Crippen molar-refractivity contribution in [1.82, 2.24) is 9.78 Å². The Hall–Kier alpha value is -3.06. The van der Waals surface area contributed by atoms with Gasteiger partial charge in [0.05, 0.1) is 10.2 Å². The molecule has 4 rings (SSSR count). The smallest absolute Gasteiger partial charge is 0.375 e.